The van der Waals surface area contributed by atoms with Gasteiger partial charge in [-0.05, 0) is 38.1 Å². The number of rotatable bonds is 8. The topological polar surface area (TPSA) is 83.7 Å². The second kappa shape index (κ2) is 7.99. The molecule has 0 spiro atoms. The maximum atomic E-state index is 12.1. The first-order valence-electron chi connectivity index (χ1n) is 7.84. The quantitative estimate of drug-likeness (QED) is 0.692. The molecular formula is C18H24N2O4. The number of carbonyl (C=O) groups is 1. The van der Waals surface area contributed by atoms with Crippen LogP contribution in [0.1, 0.15) is 26.0 Å². The van der Waals surface area contributed by atoms with E-state index in [9.17, 15) is 9.90 Å². The molecule has 1 aromatic carbocycles. The Hall–Kier alpha value is -2.31. The number of amides is 1. The van der Waals surface area contributed by atoms with Gasteiger partial charge in [-0.2, -0.15) is 0 Å². The van der Waals surface area contributed by atoms with Crippen molar-refractivity contribution in [1.82, 2.24) is 5.32 Å². The normalized spacial score (nSPS) is 14.7. The van der Waals surface area contributed by atoms with Gasteiger partial charge in [-0.1, -0.05) is 6.07 Å². The van der Waals surface area contributed by atoms with Gasteiger partial charge < -0.3 is 24.9 Å². The van der Waals surface area contributed by atoms with Crippen LogP contribution >= 0.6 is 0 Å². The fourth-order valence-electron chi connectivity index (χ4n) is 2.31. The standard InChI is InChI=1S/C18H24N2O4/c1-13(19-12-18(2,22)16-8-5-9-24-16)10-17(21)20-14-6-4-7-15(11-14)23-3/h4-9,11,13,19,22H,10,12H2,1-3H3,(H,20,21). The average molecular weight is 332 g/mol. The Bertz CT molecular complexity index is 653. The highest BCUT2D eigenvalue weighted by Crippen LogP contribution is 2.20. The maximum absolute atomic E-state index is 12.1. The molecule has 2 aromatic rings. The molecule has 130 valence electrons. The van der Waals surface area contributed by atoms with Crippen LogP contribution < -0.4 is 15.4 Å². The van der Waals surface area contributed by atoms with Gasteiger partial charge in [-0.3, -0.25) is 4.79 Å². The highest BCUT2D eigenvalue weighted by atomic mass is 16.5. The van der Waals surface area contributed by atoms with Crippen molar-refractivity contribution in [1.29, 1.82) is 0 Å². The van der Waals surface area contributed by atoms with Gasteiger partial charge in [0.15, 0.2) is 0 Å². The number of anilines is 1. The van der Waals surface area contributed by atoms with Gasteiger partial charge in [0.2, 0.25) is 5.91 Å². The first kappa shape index (κ1) is 18.0. The largest absolute Gasteiger partial charge is 0.497 e. The van der Waals surface area contributed by atoms with Crippen molar-refractivity contribution in [3.8, 4) is 5.75 Å². The zero-order valence-corrected chi connectivity index (χ0v) is 14.2. The Morgan fingerprint density at radius 2 is 2.17 bits per heavy atom. The average Bonchev–Trinajstić information content (AvgIpc) is 3.08. The van der Waals surface area contributed by atoms with Crippen molar-refractivity contribution < 1.29 is 19.1 Å². The fraction of sp³-hybridized carbons (Fsp3) is 0.389. The summed E-state index contributed by atoms with van der Waals surface area (Å²) in [5, 5.41) is 16.4. The highest BCUT2D eigenvalue weighted by Gasteiger charge is 2.26. The first-order chi connectivity index (χ1) is 11.4. The number of carbonyl (C=O) groups excluding carboxylic acids is 1. The summed E-state index contributed by atoms with van der Waals surface area (Å²) in [5.74, 6) is 1.07. The predicted molar refractivity (Wildman–Crippen MR) is 92.0 cm³/mol. The van der Waals surface area contributed by atoms with E-state index >= 15 is 0 Å². The number of aliphatic hydroxyl groups is 1. The number of benzene rings is 1. The van der Waals surface area contributed by atoms with E-state index in [0.717, 1.165) is 0 Å². The maximum Gasteiger partial charge on any atom is 0.225 e. The smallest absolute Gasteiger partial charge is 0.225 e. The summed E-state index contributed by atoms with van der Waals surface area (Å²) >= 11 is 0. The third-order valence-corrected chi connectivity index (χ3v) is 3.69. The highest BCUT2D eigenvalue weighted by molar-refractivity contribution is 5.91. The van der Waals surface area contributed by atoms with Gasteiger partial charge in [-0.15, -0.1) is 0 Å². The number of hydrogen-bond acceptors (Lipinski definition) is 5. The van der Waals surface area contributed by atoms with Crippen molar-refractivity contribution >= 4 is 11.6 Å². The van der Waals surface area contributed by atoms with E-state index in [-0.39, 0.29) is 24.9 Å². The molecule has 1 amide bonds. The fourth-order valence-corrected chi connectivity index (χ4v) is 2.31. The van der Waals surface area contributed by atoms with Gasteiger partial charge in [0.1, 0.15) is 17.1 Å². The molecule has 2 unspecified atom stereocenters. The second-order valence-corrected chi connectivity index (χ2v) is 6.02. The number of ether oxygens (including phenoxy) is 1. The lowest BCUT2D eigenvalue weighted by Crippen LogP contribution is -2.40. The Morgan fingerprint density at radius 3 is 2.83 bits per heavy atom. The van der Waals surface area contributed by atoms with Gasteiger partial charge in [0.05, 0.1) is 13.4 Å². The van der Waals surface area contributed by atoms with Gasteiger partial charge >= 0.3 is 0 Å². The minimum atomic E-state index is -1.12. The van der Waals surface area contributed by atoms with E-state index in [1.807, 2.05) is 19.1 Å². The molecule has 0 aliphatic heterocycles. The summed E-state index contributed by atoms with van der Waals surface area (Å²) < 4.78 is 10.4. The molecule has 0 fully saturated rings. The number of furan rings is 1. The van der Waals surface area contributed by atoms with Gasteiger partial charge in [0, 0.05) is 30.8 Å². The van der Waals surface area contributed by atoms with Crippen molar-refractivity contribution in [2.45, 2.75) is 31.9 Å². The van der Waals surface area contributed by atoms with Crippen LogP contribution in [0.25, 0.3) is 0 Å². The third-order valence-electron chi connectivity index (χ3n) is 3.69. The van der Waals surface area contributed by atoms with Crippen LogP contribution in [0.4, 0.5) is 5.69 Å². The number of nitrogens with one attached hydrogen (secondary N) is 2. The lowest BCUT2D eigenvalue weighted by Gasteiger charge is -2.24. The lowest BCUT2D eigenvalue weighted by atomic mass is 10.0. The molecule has 0 radical (unpaired) electrons. The molecule has 2 rings (SSSR count). The Balaban J connectivity index is 1.81. The summed E-state index contributed by atoms with van der Waals surface area (Å²) in [6, 6.07) is 10.6. The summed E-state index contributed by atoms with van der Waals surface area (Å²) in [7, 11) is 1.58. The van der Waals surface area contributed by atoms with Gasteiger partial charge in [0.25, 0.3) is 0 Å². The van der Waals surface area contributed by atoms with Crippen LogP contribution in [0, 0.1) is 0 Å². The lowest BCUT2D eigenvalue weighted by molar-refractivity contribution is -0.116. The van der Waals surface area contributed by atoms with Crippen LogP contribution in [0.2, 0.25) is 0 Å². The first-order valence-corrected chi connectivity index (χ1v) is 7.84. The van der Waals surface area contributed by atoms with Crippen LogP contribution in [0.15, 0.2) is 47.1 Å². The van der Waals surface area contributed by atoms with Crippen LogP contribution in [-0.2, 0) is 10.4 Å². The summed E-state index contributed by atoms with van der Waals surface area (Å²) in [5.41, 5.74) is -0.435. The molecule has 6 nitrogen and oxygen atoms in total. The van der Waals surface area contributed by atoms with E-state index in [4.69, 9.17) is 9.15 Å². The van der Waals surface area contributed by atoms with Crippen LogP contribution in [0.3, 0.4) is 0 Å². The van der Waals surface area contributed by atoms with E-state index in [0.29, 0.717) is 17.2 Å². The molecule has 24 heavy (non-hydrogen) atoms. The van der Waals surface area contributed by atoms with E-state index in [1.165, 1.54) is 6.26 Å². The predicted octanol–water partition coefficient (Wildman–Crippen LogP) is 2.50. The molecule has 6 heteroatoms. The third kappa shape index (κ3) is 5.11. The monoisotopic (exact) mass is 332 g/mol. The molecule has 2 atom stereocenters. The zero-order valence-electron chi connectivity index (χ0n) is 14.2. The van der Waals surface area contributed by atoms with Gasteiger partial charge in [-0.25, -0.2) is 0 Å². The Labute approximate surface area is 141 Å². The molecule has 0 saturated carbocycles. The van der Waals surface area contributed by atoms with Crippen molar-refractivity contribution in [2.75, 3.05) is 19.0 Å². The molecule has 0 aliphatic carbocycles. The molecule has 1 aromatic heterocycles. The molecule has 0 aliphatic rings. The summed E-state index contributed by atoms with van der Waals surface area (Å²) in [6.07, 6.45) is 1.81. The van der Waals surface area contributed by atoms with E-state index in [2.05, 4.69) is 10.6 Å². The Kier molecular flexibility index (Phi) is 6.00. The van der Waals surface area contributed by atoms with E-state index in [1.54, 1.807) is 38.3 Å². The van der Waals surface area contributed by atoms with Crippen molar-refractivity contribution in [3.05, 3.63) is 48.4 Å². The van der Waals surface area contributed by atoms with Crippen LogP contribution in [0.5, 0.6) is 5.75 Å². The Morgan fingerprint density at radius 1 is 1.38 bits per heavy atom. The SMILES string of the molecule is COc1cccc(NC(=O)CC(C)NCC(C)(O)c2ccco2)c1. The second-order valence-electron chi connectivity index (χ2n) is 6.02. The van der Waals surface area contributed by atoms with Crippen molar-refractivity contribution in [3.63, 3.8) is 0 Å². The van der Waals surface area contributed by atoms with E-state index < -0.39 is 5.60 Å². The molecule has 1 heterocycles. The zero-order chi connectivity index (χ0) is 17.6. The summed E-state index contributed by atoms with van der Waals surface area (Å²) in [4.78, 5) is 12.1. The molecule has 0 bridgehead atoms. The minimum Gasteiger partial charge on any atom is -0.497 e. The molecule has 0 saturated heterocycles. The number of hydrogen-bond donors (Lipinski definition) is 3. The number of methoxy groups -OCH3 is 1. The molecular weight excluding hydrogens is 308 g/mol. The molecule has 3 N–H and O–H groups in total. The van der Waals surface area contributed by atoms with Crippen molar-refractivity contribution in [2.24, 2.45) is 0 Å². The summed E-state index contributed by atoms with van der Waals surface area (Å²) in [6.45, 7) is 3.85. The van der Waals surface area contributed by atoms with Crippen LogP contribution in [-0.4, -0.2) is 30.7 Å². The minimum absolute atomic E-state index is 0.1000.